The Bertz CT molecular complexity index is 938. The number of carbonyl (C=O) groups is 1. The zero-order valence-corrected chi connectivity index (χ0v) is 16.7. The van der Waals surface area contributed by atoms with Gasteiger partial charge in [-0.15, -0.1) is 0 Å². The molecule has 2 heterocycles. The highest BCUT2D eigenvalue weighted by atomic mass is 35.5. The summed E-state index contributed by atoms with van der Waals surface area (Å²) in [6, 6.07) is 8.66. The molecule has 0 unspecified atom stereocenters. The Hall–Kier alpha value is -2.86. The van der Waals surface area contributed by atoms with Gasteiger partial charge in [-0.1, -0.05) is 31.5 Å². The van der Waals surface area contributed by atoms with Gasteiger partial charge in [0.1, 0.15) is 5.69 Å². The number of rotatable bonds is 7. The molecule has 146 valence electrons. The molecule has 0 amide bonds. The van der Waals surface area contributed by atoms with Crippen LogP contribution >= 0.6 is 11.6 Å². The van der Waals surface area contributed by atoms with E-state index in [4.69, 9.17) is 25.8 Å². The third-order valence-corrected chi connectivity index (χ3v) is 4.24. The summed E-state index contributed by atoms with van der Waals surface area (Å²) in [5.41, 5.74) is 1.31. The standard InChI is InChI=1S/C21H21ClN2O4/c1-13(2)7-9-27-18-5-4-14(11-19(18)26-3)10-17-21(25)28-20(24-17)16-12-15(22)6-8-23-16/h4-6,8,10-13H,7,9H2,1-3H3/b17-10-. The molecule has 0 spiro atoms. The van der Waals surface area contributed by atoms with Gasteiger partial charge in [0.15, 0.2) is 17.2 Å². The van der Waals surface area contributed by atoms with Crippen molar-refractivity contribution in [2.24, 2.45) is 10.9 Å². The molecule has 0 fully saturated rings. The summed E-state index contributed by atoms with van der Waals surface area (Å²) in [6.45, 7) is 4.90. The molecule has 0 bridgehead atoms. The Morgan fingerprint density at radius 1 is 1.21 bits per heavy atom. The van der Waals surface area contributed by atoms with Crippen LogP contribution in [0.1, 0.15) is 31.5 Å². The number of hydrogen-bond acceptors (Lipinski definition) is 6. The van der Waals surface area contributed by atoms with Crippen LogP contribution in [-0.4, -0.2) is 30.6 Å². The maximum atomic E-state index is 12.2. The van der Waals surface area contributed by atoms with Gasteiger partial charge in [-0.25, -0.2) is 9.79 Å². The smallest absolute Gasteiger partial charge is 0.363 e. The van der Waals surface area contributed by atoms with E-state index in [1.165, 1.54) is 6.20 Å². The van der Waals surface area contributed by atoms with Crippen molar-refractivity contribution in [3.8, 4) is 11.5 Å². The van der Waals surface area contributed by atoms with Gasteiger partial charge in [0, 0.05) is 11.2 Å². The molecule has 1 aromatic carbocycles. The zero-order chi connectivity index (χ0) is 20.1. The summed E-state index contributed by atoms with van der Waals surface area (Å²) in [5, 5.41) is 0.485. The number of halogens is 1. The summed E-state index contributed by atoms with van der Waals surface area (Å²) in [4.78, 5) is 20.5. The first-order valence-corrected chi connectivity index (χ1v) is 9.29. The van der Waals surface area contributed by atoms with Gasteiger partial charge in [-0.2, -0.15) is 0 Å². The van der Waals surface area contributed by atoms with E-state index in [0.29, 0.717) is 34.7 Å². The molecule has 0 atom stereocenters. The molecule has 0 aliphatic carbocycles. The van der Waals surface area contributed by atoms with E-state index in [-0.39, 0.29) is 11.6 Å². The topological polar surface area (TPSA) is 70.0 Å². The quantitative estimate of drug-likeness (QED) is 0.505. The fourth-order valence-electron chi connectivity index (χ4n) is 2.50. The van der Waals surface area contributed by atoms with E-state index < -0.39 is 5.97 Å². The summed E-state index contributed by atoms with van der Waals surface area (Å²) in [5.74, 6) is 1.38. The second-order valence-corrected chi connectivity index (χ2v) is 7.07. The number of benzene rings is 1. The van der Waals surface area contributed by atoms with Crippen molar-refractivity contribution in [1.82, 2.24) is 4.98 Å². The summed E-state index contributed by atoms with van der Waals surface area (Å²) in [7, 11) is 1.58. The lowest BCUT2D eigenvalue weighted by atomic mass is 10.1. The summed E-state index contributed by atoms with van der Waals surface area (Å²) in [6.07, 6.45) is 4.11. The van der Waals surface area contributed by atoms with Crippen LogP contribution in [0.2, 0.25) is 5.02 Å². The maximum Gasteiger partial charge on any atom is 0.363 e. The molecule has 0 radical (unpaired) electrons. The van der Waals surface area contributed by atoms with E-state index in [1.807, 2.05) is 12.1 Å². The third kappa shape index (κ3) is 4.89. The van der Waals surface area contributed by atoms with E-state index in [1.54, 1.807) is 31.4 Å². The molecule has 2 aromatic rings. The Labute approximate surface area is 168 Å². The molecule has 0 saturated heterocycles. The number of carbonyl (C=O) groups excluding carboxylic acids is 1. The Morgan fingerprint density at radius 3 is 2.75 bits per heavy atom. The number of ether oxygens (including phenoxy) is 3. The number of esters is 1. The molecule has 1 aliphatic heterocycles. The van der Waals surface area contributed by atoms with Gasteiger partial charge in [0.05, 0.1) is 13.7 Å². The van der Waals surface area contributed by atoms with Crippen LogP contribution in [0.4, 0.5) is 0 Å². The lowest BCUT2D eigenvalue weighted by Crippen LogP contribution is -2.07. The SMILES string of the molecule is COc1cc(/C=C2\N=C(c3cc(Cl)ccn3)OC2=O)ccc1OCCC(C)C. The molecular formula is C21H21ClN2O4. The Morgan fingerprint density at radius 2 is 2.04 bits per heavy atom. The van der Waals surface area contributed by atoms with Crippen molar-refractivity contribution in [3.63, 3.8) is 0 Å². The van der Waals surface area contributed by atoms with Crippen LogP contribution in [0.3, 0.4) is 0 Å². The predicted molar refractivity (Wildman–Crippen MR) is 108 cm³/mol. The van der Waals surface area contributed by atoms with E-state index in [0.717, 1.165) is 12.0 Å². The molecule has 3 rings (SSSR count). The highest BCUT2D eigenvalue weighted by molar-refractivity contribution is 6.31. The van der Waals surface area contributed by atoms with Crippen LogP contribution < -0.4 is 9.47 Å². The molecule has 1 aliphatic rings. The van der Waals surface area contributed by atoms with E-state index >= 15 is 0 Å². The number of hydrogen-bond donors (Lipinski definition) is 0. The van der Waals surface area contributed by atoms with Crippen molar-refractivity contribution in [2.75, 3.05) is 13.7 Å². The first-order valence-electron chi connectivity index (χ1n) is 8.91. The van der Waals surface area contributed by atoms with Crippen LogP contribution in [-0.2, 0) is 9.53 Å². The third-order valence-electron chi connectivity index (χ3n) is 4.01. The molecule has 6 nitrogen and oxygen atoms in total. The number of methoxy groups -OCH3 is 1. The largest absolute Gasteiger partial charge is 0.493 e. The minimum absolute atomic E-state index is 0.124. The number of cyclic esters (lactones) is 1. The van der Waals surface area contributed by atoms with Crippen LogP contribution in [0.25, 0.3) is 6.08 Å². The van der Waals surface area contributed by atoms with Crippen molar-refractivity contribution in [3.05, 3.63) is 58.5 Å². The average molecular weight is 401 g/mol. The van der Waals surface area contributed by atoms with Crippen molar-refractivity contribution >= 4 is 29.5 Å². The van der Waals surface area contributed by atoms with Crippen molar-refractivity contribution in [1.29, 1.82) is 0 Å². The number of aliphatic imine (C=N–C) groups is 1. The van der Waals surface area contributed by atoms with Gasteiger partial charge in [0.25, 0.3) is 0 Å². The minimum atomic E-state index is -0.548. The predicted octanol–water partition coefficient (Wildman–Crippen LogP) is 4.51. The van der Waals surface area contributed by atoms with Gasteiger partial charge >= 0.3 is 5.97 Å². The van der Waals surface area contributed by atoms with Gasteiger partial charge < -0.3 is 14.2 Å². The zero-order valence-electron chi connectivity index (χ0n) is 15.9. The highest BCUT2D eigenvalue weighted by Crippen LogP contribution is 2.30. The molecule has 0 saturated carbocycles. The minimum Gasteiger partial charge on any atom is -0.493 e. The van der Waals surface area contributed by atoms with Gasteiger partial charge in [-0.3, -0.25) is 4.98 Å². The molecule has 1 aromatic heterocycles. The lowest BCUT2D eigenvalue weighted by Gasteiger charge is -2.12. The van der Waals surface area contributed by atoms with Crippen LogP contribution in [0, 0.1) is 5.92 Å². The number of aromatic nitrogens is 1. The van der Waals surface area contributed by atoms with Gasteiger partial charge in [-0.05, 0) is 48.2 Å². The molecule has 0 N–H and O–H groups in total. The van der Waals surface area contributed by atoms with Crippen LogP contribution in [0.5, 0.6) is 11.5 Å². The maximum absolute atomic E-state index is 12.2. The first-order chi connectivity index (χ1) is 13.5. The van der Waals surface area contributed by atoms with E-state index in [9.17, 15) is 4.79 Å². The normalized spacial score (nSPS) is 15.0. The Kier molecular flexibility index (Phi) is 6.31. The van der Waals surface area contributed by atoms with Crippen molar-refractivity contribution < 1.29 is 19.0 Å². The second-order valence-electron chi connectivity index (χ2n) is 6.64. The number of pyridine rings is 1. The highest BCUT2D eigenvalue weighted by Gasteiger charge is 2.25. The molecular weight excluding hydrogens is 380 g/mol. The fraction of sp³-hybridized carbons (Fsp3) is 0.286. The van der Waals surface area contributed by atoms with E-state index in [2.05, 4.69) is 23.8 Å². The number of nitrogens with zero attached hydrogens (tertiary/aromatic N) is 2. The van der Waals surface area contributed by atoms with Crippen molar-refractivity contribution in [2.45, 2.75) is 20.3 Å². The first kappa shape index (κ1) is 19.9. The monoisotopic (exact) mass is 400 g/mol. The van der Waals surface area contributed by atoms with Crippen LogP contribution in [0.15, 0.2) is 47.2 Å². The average Bonchev–Trinajstić information content (AvgIpc) is 3.03. The summed E-state index contributed by atoms with van der Waals surface area (Å²) >= 11 is 5.95. The fourth-order valence-corrected chi connectivity index (χ4v) is 2.66. The second kappa shape index (κ2) is 8.89. The lowest BCUT2D eigenvalue weighted by molar-refractivity contribution is -0.129. The summed E-state index contributed by atoms with van der Waals surface area (Å²) < 4.78 is 16.4. The van der Waals surface area contributed by atoms with Gasteiger partial charge in [0.2, 0.25) is 5.90 Å². The molecule has 7 heteroatoms. The molecule has 28 heavy (non-hydrogen) atoms. The Balaban J connectivity index is 1.81.